The molecular weight excluding hydrogens is 281 g/mol. The Morgan fingerprint density at radius 3 is 2.47 bits per heavy atom. The van der Waals surface area contributed by atoms with Crippen molar-refractivity contribution in [2.24, 2.45) is 5.92 Å². The molecule has 1 aromatic rings. The smallest absolute Gasteiger partial charge is 0.137 e. The largest absolute Gasteiger partial charge is 0.313 e. The second kappa shape index (κ2) is 7.12. The SMILES string of the molecule is CCC(CC)CC(NC)c1cccc(F)c1Br. The Kier molecular flexibility index (Phi) is 6.14. The van der Waals surface area contributed by atoms with Crippen LogP contribution in [0.5, 0.6) is 0 Å². The molecule has 1 atom stereocenters. The molecule has 96 valence electrons. The zero-order valence-electron chi connectivity index (χ0n) is 10.8. The minimum atomic E-state index is -0.188. The van der Waals surface area contributed by atoms with Gasteiger partial charge in [0.2, 0.25) is 0 Å². The molecule has 1 N–H and O–H groups in total. The van der Waals surface area contributed by atoms with Crippen LogP contribution in [0.2, 0.25) is 0 Å². The molecule has 0 amide bonds. The number of hydrogen-bond donors (Lipinski definition) is 1. The van der Waals surface area contributed by atoms with Gasteiger partial charge in [0.25, 0.3) is 0 Å². The van der Waals surface area contributed by atoms with Crippen LogP contribution in [-0.4, -0.2) is 7.05 Å². The molecular formula is C14H21BrFN. The Hall–Kier alpha value is -0.410. The molecule has 1 rings (SSSR count). The van der Waals surface area contributed by atoms with Gasteiger partial charge in [-0.2, -0.15) is 0 Å². The van der Waals surface area contributed by atoms with Gasteiger partial charge in [-0.3, -0.25) is 0 Å². The van der Waals surface area contributed by atoms with E-state index in [2.05, 4.69) is 35.1 Å². The van der Waals surface area contributed by atoms with Gasteiger partial charge in [0.15, 0.2) is 0 Å². The van der Waals surface area contributed by atoms with Gasteiger partial charge in [-0.1, -0.05) is 38.8 Å². The summed E-state index contributed by atoms with van der Waals surface area (Å²) in [7, 11) is 1.93. The van der Waals surface area contributed by atoms with Crippen LogP contribution < -0.4 is 5.32 Å². The lowest BCUT2D eigenvalue weighted by molar-refractivity contribution is 0.383. The molecule has 0 aliphatic rings. The maximum Gasteiger partial charge on any atom is 0.137 e. The number of benzene rings is 1. The van der Waals surface area contributed by atoms with Crippen LogP contribution in [0.1, 0.15) is 44.7 Å². The molecule has 1 unspecified atom stereocenters. The molecule has 0 aliphatic carbocycles. The third-order valence-corrected chi connectivity index (χ3v) is 4.27. The summed E-state index contributed by atoms with van der Waals surface area (Å²) in [4.78, 5) is 0. The molecule has 0 bridgehead atoms. The predicted molar refractivity (Wildman–Crippen MR) is 74.6 cm³/mol. The highest BCUT2D eigenvalue weighted by molar-refractivity contribution is 9.10. The standard InChI is InChI=1S/C14H21BrFN/c1-4-10(5-2)9-13(17-3)11-7-6-8-12(16)14(11)15/h6-8,10,13,17H,4-5,9H2,1-3H3. The van der Waals surface area contributed by atoms with Crippen LogP contribution in [0, 0.1) is 11.7 Å². The summed E-state index contributed by atoms with van der Waals surface area (Å²) in [6, 6.07) is 5.45. The highest BCUT2D eigenvalue weighted by Crippen LogP contribution is 2.31. The Morgan fingerprint density at radius 2 is 1.94 bits per heavy atom. The maximum absolute atomic E-state index is 13.5. The minimum absolute atomic E-state index is 0.188. The summed E-state index contributed by atoms with van der Waals surface area (Å²) >= 11 is 3.34. The third-order valence-electron chi connectivity index (χ3n) is 3.43. The lowest BCUT2D eigenvalue weighted by Gasteiger charge is -2.23. The van der Waals surface area contributed by atoms with Crippen LogP contribution in [0.15, 0.2) is 22.7 Å². The molecule has 0 spiro atoms. The van der Waals surface area contributed by atoms with E-state index in [1.54, 1.807) is 6.07 Å². The maximum atomic E-state index is 13.5. The zero-order chi connectivity index (χ0) is 12.8. The van der Waals surface area contributed by atoms with Crippen molar-refractivity contribution in [1.82, 2.24) is 5.32 Å². The number of nitrogens with one attached hydrogen (secondary N) is 1. The molecule has 0 radical (unpaired) electrons. The van der Waals surface area contributed by atoms with Crippen LogP contribution >= 0.6 is 15.9 Å². The van der Waals surface area contributed by atoms with Gasteiger partial charge in [0, 0.05) is 6.04 Å². The molecule has 0 saturated heterocycles. The van der Waals surface area contributed by atoms with Crippen molar-refractivity contribution < 1.29 is 4.39 Å². The predicted octanol–water partition coefficient (Wildman–Crippen LogP) is 4.68. The van der Waals surface area contributed by atoms with E-state index in [-0.39, 0.29) is 11.9 Å². The quantitative estimate of drug-likeness (QED) is 0.805. The van der Waals surface area contributed by atoms with Gasteiger partial charge in [0.05, 0.1) is 4.47 Å². The van der Waals surface area contributed by atoms with E-state index in [1.165, 1.54) is 18.9 Å². The summed E-state index contributed by atoms with van der Waals surface area (Å²) in [5.74, 6) is 0.495. The van der Waals surface area contributed by atoms with Crippen molar-refractivity contribution in [1.29, 1.82) is 0 Å². The van der Waals surface area contributed by atoms with Crippen molar-refractivity contribution in [3.63, 3.8) is 0 Å². The van der Waals surface area contributed by atoms with E-state index < -0.39 is 0 Å². The zero-order valence-corrected chi connectivity index (χ0v) is 12.3. The average Bonchev–Trinajstić information content (AvgIpc) is 2.35. The van der Waals surface area contributed by atoms with Gasteiger partial charge in [0.1, 0.15) is 5.82 Å². The van der Waals surface area contributed by atoms with Crippen molar-refractivity contribution >= 4 is 15.9 Å². The number of halogens is 2. The van der Waals surface area contributed by atoms with E-state index in [0.717, 1.165) is 12.0 Å². The number of rotatable bonds is 6. The molecule has 0 heterocycles. The highest BCUT2D eigenvalue weighted by Gasteiger charge is 2.18. The lowest BCUT2D eigenvalue weighted by atomic mass is 9.91. The molecule has 3 heteroatoms. The van der Waals surface area contributed by atoms with Gasteiger partial charge in [-0.05, 0) is 46.9 Å². The fraction of sp³-hybridized carbons (Fsp3) is 0.571. The fourth-order valence-corrected chi connectivity index (χ4v) is 2.69. The summed E-state index contributed by atoms with van der Waals surface area (Å²) in [5.41, 5.74) is 1.01. The first kappa shape index (κ1) is 14.7. The summed E-state index contributed by atoms with van der Waals surface area (Å²) < 4.78 is 14.1. The second-order valence-electron chi connectivity index (χ2n) is 4.40. The molecule has 1 aromatic carbocycles. The van der Waals surface area contributed by atoms with E-state index in [0.29, 0.717) is 10.4 Å². The third kappa shape index (κ3) is 3.78. The normalized spacial score (nSPS) is 13.1. The van der Waals surface area contributed by atoms with Gasteiger partial charge in [-0.25, -0.2) is 4.39 Å². The van der Waals surface area contributed by atoms with E-state index in [9.17, 15) is 4.39 Å². The van der Waals surface area contributed by atoms with E-state index in [4.69, 9.17) is 0 Å². The summed E-state index contributed by atoms with van der Waals surface area (Å²) in [6.07, 6.45) is 3.38. The van der Waals surface area contributed by atoms with E-state index in [1.807, 2.05) is 13.1 Å². The van der Waals surface area contributed by atoms with Gasteiger partial charge >= 0.3 is 0 Å². The van der Waals surface area contributed by atoms with Crippen molar-refractivity contribution in [2.45, 2.75) is 39.2 Å². The minimum Gasteiger partial charge on any atom is -0.313 e. The second-order valence-corrected chi connectivity index (χ2v) is 5.20. The Labute approximate surface area is 112 Å². The molecule has 0 fully saturated rings. The monoisotopic (exact) mass is 301 g/mol. The first-order valence-electron chi connectivity index (χ1n) is 6.25. The lowest BCUT2D eigenvalue weighted by Crippen LogP contribution is -2.20. The Balaban J connectivity index is 2.89. The van der Waals surface area contributed by atoms with Gasteiger partial charge in [-0.15, -0.1) is 0 Å². The van der Waals surface area contributed by atoms with Crippen LogP contribution in [0.4, 0.5) is 4.39 Å². The topological polar surface area (TPSA) is 12.0 Å². The van der Waals surface area contributed by atoms with Crippen LogP contribution in [-0.2, 0) is 0 Å². The van der Waals surface area contributed by atoms with Crippen molar-refractivity contribution in [3.8, 4) is 0 Å². The summed E-state index contributed by atoms with van der Waals surface area (Å²) in [6.45, 7) is 4.42. The van der Waals surface area contributed by atoms with Crippen LogP contribution in [0.3, 0.4) is 0 Å². The fourth-order valence-electron chi connectivity index (χ4n) is 2.15. The molecule has 0 aliphatic heterocycles. The Morgan fingerprint density at radius 1 is 1.29 bits per heavy atom. The molecule has 1 nitrogen and oxygen atoms in total. The van der Waals surface area contributed by atoms with Gasteiger partial charge < -0.3 is 5.32 Å². The molecule has 0 aromatic heterocycles. The Bertz CT molecular complexity index is 350. The molecule has 0 saturated carbocycles. The average molecular weight is 302 g/mol. The highest BCUT2D eigenvalue weighted by atomic mass is 79.9. The summed E-state index contributed by atoms with van der Waals surface area (Å²) in [5, 5.41) is 3.29. The first-order chi connectivity index (χ1) is 8.13. The first-order valence-corrected chi connectivity index (χ1v) is 7.04. The van der Waals surface area contributed by atoms with Crippen LogP contribution in [0.25, 0.3) is 0 Å². The van der Waals surface area contributed by atoms with Crippen molar-refractivity contribution in [2.75, 3.05) is 7.05 Å². The molecule has 17 heavy (non-hydrogen) atoms. The number of hydrogen-bond acceptors (Lipinski definition) is 1. The van der Waals surface area contributed by atoms with Crippen molar-refractivity contribution in [3.05, 3.63) is 34.1 Å². The van der Waals surface area contributed by atoms with E-state index >= 15 is 0 Å².